The molecule has 0 aliphatic carbocycles. The molecule has 1 aliphatic heterocycles. The standard InChI is InChI=1S/C17H21NSi/c1-18-15-11-7-5-9-13(15)17(19(2,3)4)14-10-6-8-12-16(14)18/h5-12,17H,1-4H3. The minimum Gasteiger partial charge on any atom is -0.344 e. The topological polar surface area (TPSA) is 3.24 Å². The smallest absolute Gasteiger partial charge is 0.0575 e. The molecular formula is C17H21NSi. The quantitative estimate of drug-likeness (QED) is 0.672. The van der Waals surface area contributed by atoms with Crippen LogP contribution in [-0.2, 0) is 0 Å². The van der Waals surface area contributed by atoms with E-state index >= 15 is 0 Å². The third-order valence-corrected chi connectivity index (χ3v) is 6.44. The summed E-state index contributed by atoms with van der Waals surface area (Å²) in [7, 11) is 0.864. The Labute approximate surface area is 116 Å². The Morgan fingerprint density at radius 2 is 1.21 bits per heavy atom. The fourth-order valence-corrected chi connectivity index (χ4v) is 5.66. The van der Waals surface area contributed by atoms with Gasteiger partial charge in [0.2, 0.25) is 0 Å². The maximum absolute atomic E-state index is 2.47. The van der Waals surface area contributed by atoms with E-state index in [1.165, 1.54) is 22.5 Å². The number of fused-ring (bicyclic) bond motifs is 2. The van der Waals surface area contributed by atoms with Gasteiger partial charge in [-0.1, -0.05) is 56.0 Å². The summed E-state index contributed by atoms with van der Waals surface area (Å²) in [5, 5.41) is 0. The van der Waals surface area contributed by atoms with Gasteiger partial charge in [0.25, 0.3) is 0 Å². The van der Waals surface area contributed by atoms with Crippen molar-refractivity contribution < 1.29 is 0 Å². The zero-order valence-electron chi connectivity index (χ0n) is 12.1. The molecule has 0 fully saturated rings. The van der Waals surface area contributed by atoms with Crippen molar-refractivity contribution in [1.29, 1.82) is 0 Å². The average molecular weight is 267 g/mol. The second kappa shape index (κ2) is 4.24. The first kappa shape index (κ1) is 12.5. The summed E-state index contributed by atoms with van der Waals surface area (Å²) in [6.07, 6.45) is 0. The van der Waals surface area contributed by atoms with Crippen LogP contribution in [0.2, 0.25) is 19.6 Å². The fourth-order valence-electron chi connectivity index (χ4n) is 3.30. The van der Waals surface area contributed by atoms with Gasteiger partial charge in [0.15, 0.2) is 0 Å². The van der Waals surface area contributed by atoms with Gasteiger partial charge in [-0.05, 0) is 23.3 Å². The predicted molar refractivity (Wildman–Crippen MR) is 86.1 cm³/mol. The van der Waals surface area contributed by atoms with E-state index < -0.39 is 8.07 Å². The summed E-state index contributed by atoms with van der Waals surface area (Å²) in [6, 6.07) is 17.8. The second-order valence-corrected chi connectivity index (χ2v) is 11.8. The van der Waals surface area contributed by atoms with E-state index in [4.69, 9.17) is 0 Å². The molecule has 1 nitrogen and oxygen atoms in total. The predicted octanol–water partition coefficient (Wildman–Crippen LogP) is 4.78. The molecule has 3 rings (SSSR count). The Bertz CT molecular complexity index is 565. The Kier molecular flexibility index (Phi) is 2.79. The average Bonchev–Trinajstić information content (AvgIpc) is 2.38. The molecule has 0 unspecified atom stereocenters. The van der Waals surface area contributed by atoms with Crippen molar-refractivity contribution in [3.63, 3.8) is 0 Å². The van der Waals surface area contributed by atoms with Crippen LogP contribution in [0.4, 0.5) is 11.4 Å². The van der Waals surface area contributed by atoms with E-state index in [1.54, 1.807) is 0 Å². The molecular weight excluding hydrogens is 246 g/mol. The van der Waals surface area contributed by atoms with Gasteiger partial charge in [-0.15, -0.1) is 0 Å². The van der Waals surface area contributed by atoms with Gasteiger partial charge in [0.1, 0.15) is 0 Å². The summed E-state index contributed by atoms with van der Waals surface area (Å²) in [6.45, 7) is 7.41. The molecule has 0 saturated heterocycles. The summed E-state index contributed by atoms with van der Waals surface area (Å²) in [5.41, 5.74) is 6.34. The van der Waals surface area contributed by atoms with Crippen molar-refractivity contribution in [3.8, 4) is 0 Å². The first-order valence-corrected chi connectivity index (χ1v) is 10.5. The molecule has 2 aromatic rings. The molecule has 0 atom stereocenters. The van der Waals surface area contributed by atoms with Crippen LogP contribution in [0, 0.1) is 0 Å². The monoisotopic (exact) mass is 267 g/mol. The van der Waals surface area contributed by atoms with E-state index in [2.05, 4.69) is 80.1 Å². The number of benzene rings is 2. The number of anilines is 2. The highest BCUT2D eigenvalue weighted by molar-refractivity contribution is 6.78. The summed E-state index contributed by atoms with van der Waals surface area (Å²) >= 11 is 0. The van der Waals surface area contributed by atoms with Gasteiger partial charge in [-0.25, -0.2) is 0 Å². The minimum absolute atomic E-state index is 0.594. The van der Waals surface area contributed by atoms with Crippen LogP contribution in [0.5, 0.6) is 0 Å². The third-order valence-electron chi connectivity index (χ3n) is 4.08. The fraction of sp³-hybridized carbons (Fsp3) is 0.294. The van der Waals surface area contributed by atoms with Crippen molar-refractivity contribution in [3.05, 3.63) is 59.7 Å². The zero-order valence-corrected chi connectivity index (χ0v) is 13.1. The van der Waals surface area contributed by atoms with Crippen LogP contribution in [0.1, 0.15) is 16.7 Å². The van der Waals surface area contributed by atoms with E-state index in [0.29, 0.717) is 5.54 Å². The molecule has 2 aromatic carbocycles. The lowest BCUT2D eigenvalue weighted by Gasteiger charge is -2.40. The molecule has 0 amide bonds. The van der Waals surface area contributed by atoms with E-state index in [0.717, 1.165) is 0 Å². The Balaban J connectivity index is 2.30. The second-order valence-electron chi connectivity index (χ2n) is 6.48. The highest BCUT2D eigenvalue weighted by Crippen LogP contribution is 2.47. The molecule has 2 heteroatoms. The number of para-hydroxylation sites is 2. The van der Waals surface area contributed by atoms with Crippen molar-refractivity contribution in [2.45, 2.75) is 25.2 Å². The third kappa shape index (κ3) is 1.91. The van der Waals surface area contributed by atoms with Gasteiger partial charge in [0.05, 0.1) is 8.07 Å². The van der Waals surface area contributed by atoms with Crippen LogP contribution < -0.4 is 4.90 Å². The Morgan fingerprint density at radius 1 is 0.789 bits per heavy atom. The van der Waals surface area contributed by atoms with Gasteiger partial charge < -0.3 is 4.90 Å². The molecule has 0 radical (unpaired) electrons. The number of hydrogen-bond acceptors (Lipinski definition) is 1. The van der Waals surface area contributed by atoms with Crippen molar-refractivity contribution in [2.75, 3.05) is 11.9 Å². The molecule has 1 heterocycles. The van der Waals surface area contributed by atoms with Gasteiger partial charge in [0, 0.05) is 24.0 Å². The maximum atomic E-state index is 2.47. The van der Waals surface area contributed by atoms with Gasteiger partial charge in [-0.3, -0.25) is 0 Å². The lowest BCUT2D eigenvalue weighted by atomic mass is 9.95. The molecule has 0 N–H and O–H groups in total. The molecule has 19 heavy (non-hydrogen) atoms. The molecule has 0 spiro atoms. The highest BCUT2D eigenvalue weighted by Gasteiger charge is 2.36. The van der Waals surface area contributed by atoms with Gasteiger partial charge >= 0.3 is 0 Å². The van der Waals surface area contributed by atoms with Crippen molar-refractivity contribution in [1.82, 2.24) is 0 Å². The van der Waals surface area contributed by atoms with E-state index in [1.807, 2.05) is 0 Å². The minimum atomic E-state index is -1.32. The normalized spacial score (nSPS) is 15.1. The first-order valence-electron chi connectivity index (χ1n) is 6.92. The molecule has 1 aliphatic rings. The van der Waals surface area contributed by atoms with E-state index in [-0.39, 0.29) is 0 Å². The van der Waals surface area contributed by atoms with Crippen molar-refractivity contribution in [2.24, 2.45) is 0 Å². The Hall–Kier alpha value is -1.54. The van der Waals surface area contributed by atoms with Crippen LogP contribution in [0.15, 0.2) is 48.5 Å². The number of rotatable bonds is 1. The molecule has 0 saturated carbocycles. The van der Waals surface area contributed by atoms with E-state index in [9.17, 15) is 0 Å². The zero-order chi connectivity index (χ0) is 13.6. The number of hydrogen-bond donors (Lipinski definition) is 0. The largest absolute Gasteiger partial charge is 0.344 e. The summed E-state index contributed by atoms with van der Waals surface area (Å²) in [5.74, 6) is 0. The van der Waals surface area contributed by atoms with Crippen LogP contribution in [0.3, 0.4) is 0 Å². The molecule has 98 valence electrons. The first-order chi connectivity index (χ1) is 9.00. The summed E-state index contributed by atoms with van der Waals surface area (Å²) in [4.78, 5) is 2.33. The van der Waals surface area contributed by atoms with Crippen LogP contribution in [0.25, 0.3) is 0 Å². The van der Waals surface area contributed by atoms with Crippen molar-refractivity contribution >= 4 is 19.4 Å². The molecule has 0 bridgehead atoms. The molecule has 0 aromatic heterocycles. The SMILES string of the molecule is CN1c2ccccc2C([Si](C)(C)C)c2ccccc21. The van der Waals surface area contributed by atoms with Crippen LogP contribution >= 0.6 is 0 Å². The van der Waals surface area contributed by atoms with Crippen LogP contribution in [-0.4, -0.2) is 15.1 Å². The lowest BCUT2D eigenvalue weighted by Crippen LogP contribution is -2.36. The highest BCUT2D eigenvalue weighted by atomic mass is 28.3. The van der Waals surface area contributed by atoms with Gasteiger partial charge in [-0.2, -0.15) is 0 Å². The number of nitrogens with zero attached hydrogens (tertiary/aromatic N) is 1. The summed E-state index contributed by atoms with van der Waals surface area (Å²) < 4.78 is 0. The Morgan fingerprint density at radius 3 is 1.63 bits per heavy atom. The maximum Gasteiger partial charge on any atom is 0.0575 e. The lowest BCUT2D eigenvalue weighted by molar-refractivity contribution is 0.993.